The van der Waals surface area contributed by atoms with Crippen molar-refractivity contribution in [2.24, 2.45) is 0 Å². The van der Waals surface area contributed by atoms with Gasteiger partial charge in [-0.25, -0.2) is 13.1 Å². The van der Waals surface area contributed by atoms with E-state index in [1.165, 1.54) is 0 Å². The van der Waals surface area contributed by atoms with Crippen molar-refractivity contribution >= 4 is 21.6 Å². The van der Waals surface area contributed by atoms with E-state index in [9.17, 15) is 13.2 Å². The number of benzene rings is 3. The molecule has 0 fully saturated rings. The fourth-order valence-electron chi connectivity index (χ4n) is 4.47. The van der Waals surface area contributed by atoms with Crippen molar-refractivity contribution in [2.75, 3.05) is 11.4 Å². The first-order chi connectivity index (χ1) is 15.2. The Morgan fingerprint density at radius 1 is 0.906 bits per heavy atom. The van der Waals surface area contributed by atoms with Crippen molar-refractivity contribution in [1.82, 2.24) is 4.72 Å². The van der Waals surface area contributed by atoms with Crippen molar-refractivity contribution in [3.63, 3.8) is 0 Å². The topological polar surface area (TPSA) is 66.5 Å². The zero-order valence-corrected chi connectivity index (χ0v) is 19.7. The van der Waals surface area contributed by atoms with E-state index in [4.69, 9.17) is 0 Å². The first kappa shape index (κ1) is 22.2. The van der Waals surface area contributed by atoms with E-state index >= 15 is 0 Å². The average molecular weight is 449 g/mol. The molecule has 0 saturated heterocycles. The maximum absolute atomic E-state index is 13.0. The maximum atomic E-state index is 13.0. The molecule has 0 unspecified atom stereocenters. The molecule has 0 saturated carbocycles. The molecule has 1 N–H and O–H groups in total. The molecule has 4 rings (SSSR count). The number of aryl methyl sites for hydroxylation is 4. The molecule has 1 heterocycles. The second-order valence-corrected chi connectivity index (χ2v) is 10.3. The van der Waals surface area contributed by atoms with Crippen molar-refractivity contribution in [2.45, 2.75) is 45.6 Å². The maximum Gasteiger partial charge on any atom is 0.258 e. The largest absolute Gasteiger partial charge is 0.308 e. The zero-order chi connectivity index (χ0) is 23.0. The van der Waals surface area contributed by atoms with E-state index in [0.717, 1.165) is 45.5 Å². The van der Waals surface area contributed by atoms with Crippen molar-refractivity contribution < 1.29 is 13.2 Å². The molecule has 0 spiro atoms. The van der Waals surface area contributed by atoms with Crippen LogP contribution in [0.15, 0.2) is 59.5 Å². The van der Waals surface area contributed by atoms with E-state index in [-0.39, 0.29) is 12.5 Å². The predicted octanol–water partition coefficient (Wildman–Crippen LogP) is 4.60. The lowest BCUT2D eigenvalue weighted by molar-refractivity contribution is 0.0989. The lowest BCUT2D eigenvalue weighted by Gasteiger charge is -2.18. The number of amides is 1. The second kappa shape index (κ2) is 8.52. The highest BCUT2D eigenvalue weighted by Crippen LogP contribution is 2.30. The third kappa shape index (κ3) is 4.33. The molecule has 0 bridgehead atoms. The Balaban J connectivity index is 1.51. The fraction of sp³-hybridized carbons (Fsp3) is 0.269. The van der Waals surface area contributed by atoms with E-state index in [1.807, 2.05) is 82.3 Å². The Bertz CT molecular complexity index is 1270. The highest BCUT2D eigenvalue weighted by atomic mass is 32.2. The molecule has 32 heavy (non-hydrogen) atoms. The Morgan fingerprint density at radius 3 is 2.22 bits per heavy atom. The molecule has 3 aromatic carbocycles. The van der Waals surface area contributed by atoms with Gasteiger partial charge in [-0.05, 0) is 74.6 Å². The summed E-state index contributed by atoms with van der Waals surface area (Å²) in [6, 6.07) is 17.2. The number of carbonyl (C=O) groups is 1. The van der Waals surface area contributed by atoms with Crippen LogP contribution in [0, 0.1) is 27.7 Å². The van der Waals surface area contributed by atoms with Gasteiger partial charge in [0, 0.05) is 24.3 Å². The summed E-state index contributed by atoms with van der Waals surface area (Å²) >= 11 is 0. The monoisotopic (exact) mass is 448 g/mol. The number of nitrogens with zero attached hydrogens (tertiary/aromatic N) is 1. The van der Waals surface area contributed by atoms with Crippen LogP contribution in [0.25, 0.3) is 0 Å². The molecule has 1 aliphatic heterocycles. The lowest BCUT2D eigenvalue weighted by atomic mass is 10.1. The fourth-order valence-corrected chi connectivity index (χ4v) is 5.94. The summed E-state index contributed by atoms with van der Waals surface area (Å²) in [5.74, 6) is -0.0116. The molecule has 5 nitrogen and oxygen atoms in total. The van der Waals surface area contributed by atoms with Gasteiger partial charge in [-0.3, -0.25) is 4.79 Å². The number of hydrogen-bond acceptors (Lipinski definition) is 3. The minimum atomic E-state index is -3.63. The number of fused-ring (bicyclic) bond motifs is 1. The molecular weight excluding hydrogens is 420 g/mol. The lowest BCUT2D eigenvalue weighted by Crippen LogP contribution is -2.28. The SMILES string of the molecule is Cc1ccc(C(=O)N2CCc3cc(CNS(=O)(=O)c4c(C)cc(C)cc4C)ccc32)cc1. The van der Waals surface area contributed by atoms with Gasteiger partial charge >= 0.3 is 0 Å². The van der Waals surface area contributed by atoms with Crippen LogP contribution in [-0.2, 0) is 23.0 Å². The normalized spacial score (nSPS) is 13.3. The molecule has 6 heteroatoms. The van der Waals surface area contributed by atoms with Gasteiger partial charge in [-0.2, -0.15) is 0 Å². The Labute approximate surface area is 190 Å². The summed E-state index contributed by atoms with van der Waals surface area (Å²) in [6.07, 6.45) is 0.754. The quantitative estimate of drug-likeness (QED) is 0.620. The number of rotatable bonds is 5. The van der Waals surface area contributed by atoms with E-state index in [0.29, 0.717) is 17.0 Å². The molecule has 0 aliphatic carbocycles. The minimum Gasteiger partial charge on any atom is -0.308 e. The summed E-state index contributed by atoms with van der Waals surface area (Å²) in [5.41, 5.74) is 7.15. The van der Waals surface area contributed by atoms with Crippen LogP contribution in [0.4, 0.5) is 5.69 Å². The van der Waals surface area contributed by atoms with E-state index < -0.39 is 10.0 Å². The van der Waals surface area contributed by atoms with E-state index in [1.54, 1.807) is 4.90 Å². The van der Waals surface area contributed by atoms with Crippen LogP contribution in [-0.4, -0.2) is 20.9 Å². The molecule has 0 aromatic heterocycles. The summed E-state index contributed by atoms with van der Waals surface area (Å²) < 4.78 is 28.6. The highest BCUT2D eigenvalue weighted by Gasteiger charge is 2.26. The summed E-state index contributed by atoms with van der Waals surface area (Å²) in [5, 5.41) is 0. The molecular formula is C26H28N2O3S. The smallest absolute Gasteiger partial charge is 0.258 e. The van der Waals surface area contributed by atoms with Crippen molar-refractivity contribution in [3.8, 4) is 0 Å². The molecule has 0 atom stereocenters. The van der Waals surface area contributed by atoms with Crippen LogP contribution < -0.4 is 9.62 Å². The van der Waals surface area contributed by atoms with Crippen molar-refractivity contribution in [1.29, 1.82) is 0 Å². The average Bonchev–Trinajstić information content (AvgIpc) is 3.14. The molecule has 166 valence electrons. The highest BCUT2D eigenvalue weighted by molar-refractivity contribution is 7.89. The van der Waals surface area contributed by atoms with Gasteiger partial charge in [0.25, 0.3) is 5.91 Å². The number of nitrogens with one attached hydrogen (secondary N) is 1. The van der Waals surface area contributed by atoms with Gasteiger partial charge in [0.15, 0.2) is 0 Å². The Morgan fingerprint density at radius 2 is 1.56 bits per heavy atom. The van der Waals surface area contributed by atoms with Gasteiger partial charge in [-0.15, -0.1) is 0 Å². The van der Waals surface area contributed by atoms with E-state index in [2.05, 4.69) is 4.72 Å². The van der Waals surface area contributed by atoms with Crippen LogP contribution in [0.5, 0.6) is 0 Å². The first-order valence-corrected chi connectivity index (χ1v) is 12.2. The minimum absolute atomic E-state index is 0.0116. The molecule has 1 amide bonds. The van der Waals surface area contributed by atoms with Crippen molar-refractivity contribution in [3.05, 3.63) is 93.5 Å². The van der Waals surface area contributed by atoms with Crippen LogP contribution in [0.2, 0.25) is 0 Å². The number of carbonyl (C=O) groups excluding carboxylic acids is 1. The molecule has 1 aliphatic rings. The Kier molecular flexibility index (Phi) is 5.93. The third-order valence-corrected chi connectivity index (χ3v) is 7.63. The third-order valence-electron chi connectivity index (χ3n) is 5.92. The van der Waals surface area contributed by atoms with Gasteiger partial charge in [0.2, 0.25) is 10.0 Å². The first-order valence-electron chi connectivity index (χ1n) is 10.7. The Hall–Kier alpha value is -2.96. The second-order valence-electron chi connectivity index (χ2n) is 8.59. The summed E-state index contributed by atoms with van der Waals surface area (Å²) in [6.45, 7) is 8.43. The van der Waals surface area contributed by atoms with Crippen LogP contribution in [0.3, 0.4) is 0 Å². The summed E-state index contributed by atoms with van der Waals surface area (Å²) in [4.78, 5) is 15.1. The van der Waals surface area contributed by atoms with Crippen LogP contribution >= 0.6 is 0 Å². The summed E-state index contributed by atoms with van der Waals surface area (Å²) in [7, 11) is -3.63. The van der Waals surface area contributed by atoms with Crippen LogP contribution in [0.1, 0.15) is 43.7 Å². The number of anilines is 1. The standard InChI is InChI=1S/C26H28N2O3S/c1-17-5-8-22(9-6-17)26(29)28-12-11-23-15-21(7-10-24(23)28)16-27-32(30,31)25-19(3)13-18(2)14-20(25)4/h5-10,13-15,27H,11-12,16H2,1-4H3. The predicted molar refractivity (Wildman–Crippen MR) is 128 cm³/mol. The van der Waals surface area contributed by atoms with Gasteiger partial charge in [0.05, 0.1) is 4.90 Å². The number of hydrogen-bond donors (Lipinski definition) is 1. The van der Waals surface area contributed by atoms with Gasteiger partial charge in [-0.1, -0.05) is 47.5 Å². The number of sulfonamides is 1. The van der Waals surface area contributed by atoms with Gasteiger partial charge < -0.3 is 4.90 Å². The van der Waals surface area contributed by atoms with Gasteiger partial charge in [0.1, 0.15) is 0 Å². The zero-order valence-electron chi connectivity index (χ0n) is 18.9. The molecule has 3 aromatic rings. The molecule has 0 radical (unpaired) electrons.